The van der Waals surface area contributed by atoms with E-state index in [0.29, 0.717) is 11.5 Å². The van der Waals surface area contributed by atoms with Crippen molar-refractivity contribution >= 4 is 6.29 Å². The van der Waals surface area contributed by atoms with E-state index >= 15 is 0 Å². The van der Waals surface area contributed by atoms with E-state index in [1.165, 1.54) is 19.3 Å². The normalized spacial score (nSPS) is 24.6. The first kappa shape index (κ1) is 18.5. The lowest BCUT2D eigenvalue weighted by molar-refractivity contribution is 0.0926. The number of fused-ring (bicyclic) bond motifs is 1. The van der Waals surface area contributed by atoms with Crippen LogP contribution < -0.4 is 0 Å². The van der Waals surface area contributed by atoms with Gasteiger partial charge < -0.3 is 9.84 Å². The molecule has 0 radical (unpaired) electrons. The minimum atomic E-state index is -0.534. The molecule has 2 aliphatic carbocycles. The number of methoxy groups -OCH3 is 1. The molecule has 0 bridgehead atoms. The summed E-state index contributed by atoms with van der Waals surface area (Å²) < 4.78 is 5.51. The predicted octanol–water partition coefficient (Wildman–Crippen LogP) is 4.66. The van der Waals surface area contributed by atoms with Crippen molar-refractivity contribution in [2.45, 2.75) is 83.8 Å². The van der Waals surface area contributed by atoms with Crippen molar-refractivity contribution in [3.05, 3.63) is 28.1 Å². The quantitative estimate of drug-likeness (QED) is 0.807. The topological polar surface area (TPSA) is 59.4 Å². The Bertz CT molecular complexity index is 647. The van der Waals surface area contributed by atoms with Crippen LogP contribution in [0, 0.1) is 5.41 Å². The minimum absolute atomic E-state index is 0.0134. The Morgan fingerprint density at radius 2 is 1.92 bits per heavy atom. The first-order valence-corrected chi connectivity index (χ1v) is 9.60. The molecule has 2 unspecified atom stereocenters. The molecular formula is C21H31NO3. The van der Waals surface area contributed by atoms with Crippen molar-refractivity contribution in [1.82, 2.24) is 4.98 Å². The van der Waals surface area contributed by atoms with Gasteiger partial charge in [-0.25, -0.2) is 0 Å². The molecule has 2 aliphatic rings. The summed E-state index contributed by atoms with van der Waals surface area (Å²) >= 11 is 0. The number of hydrogen-bond acceptors (Lipinski definition) is 4. The monoisotopic (exact) mass is 345 g/mol. The summed E-state index contributed by atoms with van der Waals surface area (Å²) in [5.74, 6) is 0.351. The second kappa shape index (κ2) is 7.16. The van der Waals surface area contributed by atoms with E-state index in [1.54, 1.807) is 7.11 Å². The van der Waals surface area contributed by atoms with E-state index in [9.17, 15) is 9.90 Å². The number of aromatic nitrogens is 1. The SMILES string of the molecule is COC(C)c1nc2c(c(C3CCCCC3)c1C=O)C(O)CC(C)(C)C2. The lowest BCUT2D eigenvalue weighted by Gasteiger charge is -2.38. The summed E-state index contributed by atoms with van der Waals surface area (Å²) in [6.45, 7) is 6.29. The Labute approximate surface area is 151 Å². The van der Waals surface area contributed by atoms with Gasteiger partial charge in [-0.3, -0.25) is 9.78 Å². The summed E-state index contributed by atoms with van der Waals surface area (Å²) in [6, 6.07) is 0. The Morgan fingerprint density at radius 1 is 1.24 bits per heavy atom. The van der Waals surface area contributed by atoms with Gasteiger partial charge in [-0.1, -0.05) is 33.1 Å². The fourth-order valence-corrected chi connectivity index (χ4v) is 4.74. The highest BCUT2D eigenvalue weighted by molar-refractivity contribution is 5.81. The molecule has 0 aromatic carbocycles. The number of carbonyl (C=O) groups is 1. The first-order valence-electron chi connectivity index (χ1n) is 9.60. The van der Waals surface area contributed by atoms with Gasteiger partial charge in [0.15, 0.2) is 6.29 Å². The van der Waals surface area contributed by atoms with Gasteiger partial charge in [-0.2, -0.15) is 0 Å². The molecule has 1 fully saturated rings. The molecule has 1 N–H and O–H groups in total. The molecule has 0 saturated heterocycles. The number of aliphatic hydroxyl groups excluding tert-OH is 1. The van der Waals surface area contributed by atoms with Crippen LogP contribution in [0.1, 0.15) is 110 Å². The van der Waals surface area contributed by atoms with Gasteiger partial charge in [0.25, 0.3) is 0 Å². The molecule has 1 heterocycles. The number of pyridine rings is 1. The van der Waals surface area contributed by atoms with E-state index in [0.717, 1.165) is 54.5 Å². The zero-order valence-corrected chi connectivity index (χ0v) is 16.0. The number of aldehydes is 1. The van der Waals surface area contributed by atoms with Crippen LogP contribution in [0.5, 0.6) is 0 Å². The predicted molar refractivity (Wildman–Crippen MR) is 97.9 cm³/mol. The summed E-state index contributed by atoms with van der Waals surface area (Å²) in [5.41, 5.74) is 4.40. The lowest BCUT2D eigenvalue weighted by atomic mass is 9.70. The van der Waals surface area contributed by atoms with Crippen molar-refractivity contribution in [3.63, 3.8) is 0 Å². The Hall–Kier alpha value is -1.26. The second-order valence-electron chi connectivity index (χ2n) is 8.58. The van der Waals surface area contributed by atoms with Crippen LogP contribution in [-0.4, -0.2) is 23.5 Å². The van der Waals surface area contributed by atoms with E-state index in [1.807, 2.05) is 6.92 Å². The number of rotatable bonds is 4. The highest BCUT2D eigenvalue weighted by Gasteiger charge is 2.38. The van der Waals surface area contributed by atoms with E-state index in [2.05, 4.69) is 13.8 Å². The molecule has 0 aliphatic heterocycles. The zero-order valence-electron chi connectivity index (χ0n) is 16.0. The summed E-state index contributed by atoms with van der Waals surface area (Å²) in [4.78, 5) is 16.9. The fraction of sp³-hybridized carbons (Fsp3) is 0.714. The highest BCUT2D eigenvalue weighted by Crippen LogP contribution is 2.47. The van der Waals surface area contributed by atoms with Crippen molar-refractivity contribution in [3.8, 4) is 0 Å². The maximum Gasteiger partial charge on any atom is 0.152 e. The molecule has 4 heteroatoms. The van der Waals surface area contributed by atoms with Crippen molar-refractivity contribution in [2.75, 3.05) is 7.11 Å². The molecule has 1 aromatic rings. The largest absolute Gasteiger partial charge is 0.388 e. The summed E-state index contributed by atoms with van der Waals surface area (Å²) in [6.07, 6.45) is 7.56. The van der Waals surface area contributed by atoms with Gasteiger partial charge in [-0.05, 0) is 49.5 Å². The van der Waals surface area contributed by atoms with Crippen molar-refractivity contribution in [1.29, 1.82) is 0 Å². The standard InChI is InChI=1S/C21H31NO3/c1-13(25-4)20-15(12-23)18(14-8-6-5-7-9-14)19-16(22-20)10-21(2,3)11-17(19)24/h12-14,17,24H,5-11H2,1-4H3. The fourth-order valence-electron chi connectivity index (χ4n) is 4.74. The Balaban J connectivity index is 2.23. The van der Waals surface area contributed by atoms with Crippen LogP contribution in [-0.2, 0) is 11.2 Å². The maximum atomic E-state index is 12.1. The molecular weight excluding hydrogens is 314 g/mol. The minimum Gasteiger partial charge on any atom is -0.388 e. The third-order valence-corrected chi connectivity index (χ3v) is 6.02. The Morgan fingerprint density at radius 3 is 2.52 bits per heavy atom. The van der Waals surface area contributed by atoms with Crippen LogP contribution in [0.15, 0.2) is 0 Å². The van der Waals surface area contributed by atoms with E-state index in [4.69, 9.17) is 9.72 Å². The number of aliphatic hydroxyl groups is 1. The van der Waals surface area contributed by atoms with Gasteiger partial charge in [-0.15, -0.1) is 0 Å². The molecule has 3 rings (SSSR count). The van der Waals surface area contributed by atoms with Crippen LogP contribution in [0.25, 0.3) is 0 Å². The van der Waals surface area contributed by atoms with Crippen molar-refractivity contribution in [2.24, 2.45) is 5.41 Å². The molecule has 25 heavy (non-hydrogen) atoms. The molecule has 0 spiro atoms. The molecule has 1 saturated carbocycles. The highest BCUT2D eigenvalue weighted by atomic mass is 16.5. The van der Waals surface area contributed by atoms with Crippen LogP contribution >= 0.6 is 0 Å². The smallest absolute Gasteiger partial charge is 0.152 e. The summed E-state index contributed by atoms with van der Waals surface area (Å²) in [7, 11) is 1.65. The van der Waals surface area contributed by atoms with Gasteiger partial charge in [0, 0.05) is 23.9 Å². The van der Waals surface area contributed by atoms with Crippen LogP contribution in [0.4, 0.5) is 0 Å². The molecule has 2 atom stereocenters. The molecule has 1 aromatic heterocycles. The average molecular weight is 345 g/mol. The van der Waals surface area contributed by atoms with Gasteiger partial charge in [0.05, 0.1) is 17.9 Å². The van der Waals surface area contributed by atoms with Gasteiger partial charge >= 0.3 is 0 Å². The average Bonchev–Trinajstić information content (AvgIpc) is 2.59. The first-order chi connectivity index (χ1) is 11.9. The van der Waals surface area contributed by atoms with E-state index < -0.39 is 6.10 Å². The molecule has 0 amide bonds. The molecule has 4 nitrogen and oxygen atoms in total. The summed E-state index contributed by atoms with van der Waals surface area (Å²) in [5, 5.41) is 10.9. The number of hydrogen-bond donors (Lipinski definition) is 1. The van der Waals surface area contributed by atoms with Crippen LogP contribution in [0.2, 0.25) is 0 Å². The van der Waals surface area contributed by atoms with E-state index in [-0.39, 0.29) is 11.5 Å². The number of carbonyl (C=O) groups excluding carboxylic acids is 1. The number of ether oxygens (including phenoxy) is 1. The molecule has 138 valence electrons. The third kappa shape index (κ3) is 3.52. The van der Waals surface area contributed by atoms with Crippen LogP contribution in [0.3, 0.4) is 0 Å². The lowest BCUT2D eigenvalue weighted by Crippen LogP contribution is -2.30. The Kier molecular flexibility index (Phi) is 5.31. The maximum absolute atomic E-state index is 12.1. The van der Waals surface area contributed by atoms with Gasteiger partial charge in [0.2, 0.25) is 0 Å². The zero-order chi connectivity index (χ0) is 18.2. The van der Waals surface area contributed by atoms with Crippen molar-refractivity contribution < 1.29 is 14.6 Å². The third-order valence-electron chi connectivity index (χ3n) is 6.02. The second-order valence-corrected chi connectivity index (χ2v) is 8.58. The number of nitrogens with zero attached hydrogens (tertiary/aromatic N) is 1. The van der Waals surface area contributed by atoms with Gasteiger partial charge in [0.1, 0.15) is 0 Å².